The molecule has 1 heterocycles. The molecular formula is C15H26N2O. The Bertz CT molecular complexity index is 334. The number of piperazine rings is 1. The zero-order valence-electron chi connectivity index (χ0n) is 12.0. The second-order valence-corrected chi connectivity index (χ2v) is 7.00. The van der Waals surface area contributed by atoms with Gasteiger partial charge in [-0.3, -0.25) is 9.69 Å². The van der Waals surface area contributed by atoms with E-state index in [0.29, 0.717) is 18.0 Å². The molecule has 2 bridgehead atoms. The largest absolute Gasteiger partial charge is 0.339 e. The number of carbonyl (C=O) groups excluding carboxylic acids is 1. The van der Waals surface area contributed by atoms with Crippen molar-refractivity contribution in [2.45, 2.75) is 58.0 Å². The summed E-state index contributed by atoms with van der Waals surface area (Å²) in [7, 11) is 2.18. The highest BCUT2D eigenvalue weighted by Gasteiger charge is 2.52. The zero-order chi connectivity index (χ0) is 12.9. The summed E-state index contributed by atoms with van der Waals surface area (Å²) in [4.78, 5) is 17.5. The van der Waals surface area contributed by atoms with E-state index in [0.717, 1.165) is 31.8 Å². The third kappa shape index (κ3) is 1.78. The fraction of sp³-hybridized carbons (Fsp3) is 0.933. The molecule has 0 unspecified atom stereocenters. The predicted octanol–water partition coefficient (Wildman–Crippen LogP) is 2.12. The third-order valence-electron chi connectivity index (χ3n) is 5.84. The zero-order valence-corrected chi connectivity index (χ0v) is 12.0. The van der Waals surface area contributed by atoms with Gasteiger partial charge < -0.3 is 4.90 Å². The molecule has 2 atom stereocenters. The number of amides is 1. The summed E-state index contributed by atoms with van der Waals surface area (Å²) in [5, 5.41) is 0. The highest BCUT2D eigenvalue weighted by atomic mass is 16.2. The molecule has 3 rings (SSSR count). The quantitative estimate of drug-likeness (QED) is 0.711. The first-order chi connectivity index (χ1) is 8.52. The molecule has 3 fully saturated rings. The van der Waals surface area contributed by atoms with E-state index in [2.05, 4.69) is 30.7 Å². The van der Waals surface area contributed by atoms with Crippen LogP contribution in [0.2, 0.25) is 0 Å². The van der Waals surface area contributed by atoms with E-state index in [1.54, 1.807) is 0 Å². The summed E-state index contributed by atoms with van der Waals surface area (Å²) in [6, 6.07) is 0.986. The minimum absolute atomic E-state index is 0.0556. The molecule has 3 nitrogen and oxygen atoms in total. The third-order valence-corrected chi connectivity index (χ3v) is 5.84. The van der Waals surface area contributed by atoms with Crippen LogP contribution in [0.15, 0.2) is 0 Å². The van der Waals surface area contributed by atoms with E-state index >= 15 is 0 Å². The highest BCUT2D eigenvalue weighted by Crippen LogP contribution is 2.55. The second-order valence-electron chi connectivity index (χ2n) is 7.00. The minimum Gasteiger partial charge on any atom is -0.339 e. The Balaban J connectivity index is 1.73. The predicted molar refractivity (Wildman–Crippen MR) is 72.3 cm³/mol. The van der Waals surface area contributed by atoms with Gasteiger partial charge >= 0.3 is 0 Å². The first-order valence-corrected chi connectivity index (χ1v) is 7.53. The number of likely N-dealkylation sites (N-methyl/N-ethyl adjacent to an activating group) is 1. The topological polar surface area (TPSA) is 23.6 Å². The van der Waals surface area contributed by atoms with Crippen LogP contribution >= 0.6 is 0 Å². The number of fused-ring (bicyclic) bond motifs is 2. The molecule has 0 spiro atoms. The van der Waals surface area contributed by atoms with Crippen LogP contribution in [0.4, 0.5) is 0 Å². The minimum atomic E-state index is 0.0556. The molecule has 3 aliphatic rings. The summed E-state index contributed by atoms with van der Waals surface area (Å²) < 4.78 is 0. The van der Waals surface area contributed by atoms with Gasteiger partial charge in [0.15, 0.2) is 0 Å². The van der Waals surface area contributed by atoms with Crippen LogP contribution in [0.5, 0.6) is 0 Å². The molecule has 1 aliphatic heterocycles. The van der Waals surface area contributed by atoms with Gasteiger partial charge in [0, 0.05) is 30.6 Å². The number of rotatable bonds is 1. The normalized spacial score (nSPS) is 44.6. The van der Waals surface area contributed by atoms with Crippen molar-refractivity contribution in [1.29, 1.82) is 0 Å². The average Bonchev–Trinajstić information content (AvgIpc) is 2.96. The van der Waals surface area contributed by atoms with Crippen molar-refractivity contribution in [3.8, 4) is 0 Å². The van der Waals surface area contributed by atoms with Crippen LogP contribution in [-0.2, 0) is 4.79 Å². The maximum atomic E-state index is 12.9. The average molecular weight is 250 g/mol. The van der Waals surface area contributed by atoms with Crippen LogP contribution in [-0.4, -0.2) is 47.9 Å². The van der Waals surface area contributed by atoms with Crippen LogP contribution in [0.1, 0.15) is 46.0 Å². The molecule has 102 valence electrons. The fourth-order valence-electron chi connectivity index (χ4n) is 4.40. The van der Waals surface area contributed by atoms with Crippen molar-refractivity contribution in [3.63, 3.8) is 0 Å². The van der Waals surface area contributed by atoms with Crippen LogP contribution < -0.4 is 0 Å². The molecule has 18 heavy (non-hydrogen) atoms. The summed E-state index contributed by atoms with van der Waals surface area (Å²) in [6.45, 7) is 6.32. The Morgan fingerprint density at radius 3 is 2.11 bits per heavy atom. The molecule has 3 heteroatoms. The van der Waals surface area contributed by atoms with Crippen LogP contribution in [0.25, 0.3) is 0 Å². The molecule has 1 saturated heterocycles. The van der Waals surface area contributed by atoms with Crippen LogP contribution in [0, 0.1) is 11.3 Å². The van der Waals surface area contributed by atoms with E-state index in [4.69, 9.17) is 0 Å². The summed E-state index contributed by atoms with van der Waals surface area (Å²) in [5.74, 6) is 1.34. The van der Waals surface area contributed by atoms with Gasteiger partial charge in [-0.25, -0.2) is 0 Å². The second kappa shape index (κ2) is 4.22. The summed E-state index contributed by atoms with van der Waals surface area (Å²) in [5.41, 5.74) is 0.0556. The van der Waals surface area contributed by atoms with Crippen molar-refractivity contribution in [1.82, 2.24) is 9.80 Å². The molecular weight excluding hydrogens is 224 g/mol. The van der Waals surface area contributed by atoms with E-state index in [-0.39, 0.29) is 5.41 Å². The standard InChI is InChI=1S/C15H26N2O/c1-11-9-17(10-12(2)16(11)3)14(18)15-6-4-13(8-15)5-7-15/h11-13H,4-10H2,1-3H3/t11-,12+,13?,15?. The van der Waals surface area contributed by atoms with Gasteiger partial charge in [-0.1, -0.05) is 0 Å². The fourth-order valence-corrected chi connectivity index (χ4v) is 4.40. The summed E-state index contributed by atoms with van der Waals surface area (Å²) in [6.07, 6.45) is 6.09. The van der Waals surface area contributed by atoms with Crippen molar-refractivity contribution < 1.29 is 4.79 Å². The lowest BCUT2D eigenvalue weighted by Gasteiger charge is -2.45. The number of carbonyl (C=O) groups is 1. The SMILES string of the molecule is C[C@@H]1CN(C(=O)C23CCC(CC2)C3)C[C@H](C)N1C. The Morgan fingerprint density at radius 1 is 1.11 bits per heavy atom. The molecule has 2 saturated carbocycles. The smallest absolute Gasteiger partial charge is 0.228 e. The Kier molecular flexibility index (Phi) is 2.92. The maximum Gasteiger partial charge on any atom is 0.228 e. The van der Waals surface area contributed by atoms with Gasteiger partial charge in [0.1, 0.15) is 0 Å². The molecule has 0 N–H and O–H groups in total. The molecule has 1 amide bonds. The van der Waals surface area contributed by atoms with Gasteiger partial charge in [-0.2, -0.15) is 0 Å². The lowest BCUT2D eigenvalue weighted by molar-refractivity contribution is -0.145. The summed E-state index contributed by atoms with van der Waals surface area (Å²) >= 11 is 0. The van der Waals surface area contributed by atoms with Crippen molar-refractivity contribution in [2.75, 3.05) is 20.1 Å². The molecule has 0 radical (unpaired) electrons. The van der Waals surface area contributed by atoms with E-state index in [1.165, 1.54) is 19.3 Å². The lowest BCUT2D eigenvalue weighted by atomic mass is 9.82. The van der Waals surface area contributed by atoms with Gasteiger partial charge in [0.25, 0.3) is 0 Å². The first kappa shape index (κ1) is 12.5. The Labute approximate surface area is 111 Å². The highest BCUT2D eigenvalue weighted by molar-refractivity contribution is 5.83. The van der Waals surface area contributed by atoms with Gasteiger partial charge in [-0.15, -0.1) is 0 Å². The first-order valence-electron chi connectivity index (χ1n) is 7.53. The Morgan fingerprint density at radius 2 is 1.67 bits per heavy atom. The molecule has 0 aromatic carbocycles. The number of nitrogens with zero attached hydrogens (tertiary/aromatic N) is 2. The van der Waals surface area contributed by atoms with Crippen LogP contribution in [0.3, 0.4) is 0 Å². The molecule has 0 aromatic heterocycles. The van der Waals surface area contributed by atoms with Crippen molar-refractivity contribution in [3.05, 3.63) is 0 Å². The Hall–Kier alpha value is -0.570. The van der Waals surface area contributed by atoms with Crippen molar-refractivity contribution in [2.24, 2.45) is 11.3 Å². The van der Waals surface area contributed by atoms with Gasteiger partial charge in [0.05, 0.1) is 0 Å². The number of hydrogen-bond donors (Lipinski definition) is 0. The van der Waals surface area contributed by atoms with E-state index in [1.807, 2.05) is 0 Å². The molecule has 2 aliphatic carbocycles. The van der Waals surface area contributed by atoms with E-state index in [9.17, 15) is 4.79 Å². The monoisotopic (exact) mass is 250 g/mol. The van der Waals surface area contributed by atoms with E-state index < -0.39 is 0 Å². The molecule has 0 aromatic rings. The van der Waals surface area contributed by atoms with Crippen molar-refractivity contribution >= 4 is 5.91 Å². The van der Waals surface area contributed by atoms with Gasteiger partial charge in [0.2, 0.25) is 5.91 Å². The van der Waals surface area contributed by atoms with Gasteiger partial charge in [-0.05, 0) is 58.9 Å². The number of hydrogen-bond acceptors (Lipinski definition) is 2. The lowest BCUT2D eigenvalue weighted by Crippen LogP contribution is -2.58. The maximum absolute atomic E-state index is 12.9.